The smallest absolute Gasteiger partial charge is 0.0725 e. The van der Waals surface area contributed by atoms with E-state index in [0.717, 1.165) is 11.0 Å². The van der Waals surface area contributed by atoms with E-state index in [0.29, 0.717) is 0 Å². The van der Waals surface area contributed by atoms with Crippen LogP contribution in [0, 0.1) is 0 Å². The Bertz CT molecular complexity index is 2300. The maximum absolute atomic E-state index is 4.43. The van der Waals surface area contributed by atoms with Crippen LogP contribution in [0.5, 0.6) is 0 Å². The number of hydrogen-bond acceptors (Lipinski definition) is 2. The lowest BCUT2D eigenvalue weighted by atomic mass is 9.95. The van der Waals surface area contributed by atoms with E-state index in [9.17, 15) is 0 Å². The van der Waals surface area contributed by atoms with Crippen molar-refractivity contribution in [3.05, 3.63) is 128 Å². The number of hydrogen-bond donors (Lipinski definition) is 0. The van der Waals surface area contributed by atoms with Gasteiger partial charge >= 0.3 is 0 Å². The van der Waals surface area contributed by atoms with Crippen molar-refractivity contribution in [2.75, 3.05) is 0 Å². The van der Waals surface area contributed by atoms with Gasteiger partial charge in [0, 0.05) is 33.9 Å². The summed E-state index contributed by atoms with van der Waals surface area (Å²) in [4.78, 5) is 8.85. The topological polar surface area (TPSA) is 30.2 Å². The highest BCUT2D eigenvalue weighted by atomic mass is 14.9. The van der Waals surface area contributed by atoms with E-state index in [1.807, 2.05) is 24.8 Å². The summed E-state index contributed by atoms with van der Waals surface area (Å²) in [5.74, 6) is 0. The molecule has 4 aromatic heterocycles. The minimum Gasteiger partial charge on any atom is -0.305 e. The standard InChI is InChI=1S/C36H21N3/c1-2-4-28-24(3-1)9-10-25-11-12-26(17-31(25)28)22-5-7-23(8-6-22)27-18-32-29-13-15-37-20-34(29)39-35-21-38-16-14-30(35)33(19-27)36(32)39/h1-21H. The van der Waals surface area contributed by atoms with E-state index in [1.165, 1.54) is 70.9 Å². The Balaban J connectivity index is 1.22. The number of pyridine rings is 2. The average Bonchev–Trinajstić information content (AvgIpc) is 3.52. The summed E-state index contributed by atoms with van der Waals surface area (Å²) in [7, 11) is 0. The summed E-state index contributed by atoms with van der Waals surface area (Å²) in [6.45, 7) is 0. The average molecular weight is 496 g/mol. The molecule has 0 spiro atoms. The van der Waals surface area contributed by atoms with Gasteiger partial charge in [-0.05, 0) is 74.1 Å². The summed E-state index contributed by atoms with van der Waals surface area (Å²) in [6.07, 6.45) is 7.68. The second kappa shape index (κ2) is 7.62. The van der Waals surface area contributed by atoms with Crippen LogP contribution in [0.3, 0.4) is 0 Å². The molecule has 0 saturated carbocycles. The Hall–Kier alpha value is -5.28. The molecule has 0 saturated heterocycles. The number of fused-ring (bicyclic) bond motifs is 9. The van der Waals surface area contributed by atoms with E-state index >= 15 is 0 Å². The molecule has 0 atom stereocenters. The third kappa shape index (κ3) is 2.87. The van der Waals surface area contributed by atoms with Gasteiger partial charge in [0.15, 0.2) is 0 Å². The first-order chi connectivity index (χ1) is 19.3. The van der Waals surface area contributed by atoms with Crippen molar-refractivity contribution in [1.29, 1.82) is 0 Å². The molecule has 0 fully saturated rings. The Kier molecular flexibility index (Phi) is 4.05. The lowest BCUT2D eigenvalue weighted by Gasteiger charge is -2.09. The van der Waals surface area contributed by atoms with Crippen LogP contribution in [-0.2, 0) is 0 Å². The molecule has 180 valence electrons. The van der Waals surface area contributed by atoms with Crippen molar-refractivity contribution in [2.45, 2.75) is 0 Å². The van der Waals surface area contributed by atoms with E-state index in [-0.39, 0.29) is 0 Å². The van der Waals surface area contributed by atoms with Gasteiger partial charge in [0.2, 0.25) is 0 Å². The molecule has 0 aliphatic heterocycles. The monoisotopic (exact) mass is 495 g/mol. The van der Waals surface area contributed by atoms with Gasteiger partial charge < -0.3 is 4.40 Å². The summed E-state index contributed by atoms with van der Waals surface area (Å²) in [6, 6.07) is 37.7. The second-order valence-corrected chi connectivity index (χ2v) is 10.3. The van der Waals surface area contributed by atoms with E-state index in [4.69, 9.17) is 0 Å². The van der Waals surface area contributed by atoms with Gasteiger partial charge in [0.1, 0.15) is 0 Å². The van der Waals surface area contributed by atoms with Crippen molar-refractivity contribution in [1.82, 2.24) is 14.4 Å². The van der Waals surface area contributed by atoms with E-state index in [1.54, 1.807) is 0 Å². The minimum absolute atomic E-state index is 1.12. The Labute approximate surface area is 223 Å². The lowest BCUT2D eigenvalue weighted by molar-refractivity contribution is 1.27. The van der Waals surface area contributed by atoms with Gasteiger partial charge in [-0.15, -0.1) is 0 Å². The summed E-state index contributed by atoms with van der Waals surface area (Å²) < 4.78 is 2.31. The van der Waals surface area contributed by atoms with Gasteiger partial charge in [0.25, 0.3) is 0 Å². The van der Waals surface area contributed by atoms with Crippen LogP contribution < -0.4 is 0 Å². The molecule has 0 unspecified atom stereocenters. The minimum atomic E-state index is 1.12. The highest BCUT2D eigenvalue weighted by Gasteiger charge is 2.18. The summed E-state index contributed by atoms with van der Waals surface area (Å²) in [5, 5.41) is 10.1. The molecular formula is C36H21N3. The fraction of sp³-hybridized carbons (Fsp3) is 0. The Morgan fingerprint density at radius 3 is 1.64 bits per heavy atom. The fourth-order valence-electron chi connectivity index (χ4n) is 6.44. The number of aromatic nitrogens is 3. The van der Waals surface area contributed by atoms with E-state index < -0.39 is 0 Å². The molecule has 0 N–H and O–H groups in total. The van der Waals surface area contributed by atoms with Crippen LogP contribution >= 0.6 is 0 Å². The van der Waals surface area contributed by atoms with Gasteiger partial charge in [-0.3, -0.25) is 9.97 Å². The zero-order valence-corrected chi connectivity index (χ0v) is 21.0. The van der Waals surface area contributed by atoms with Gasteiger partial charge in [-0.1, -0.05) is 72.8 Å². The highest BCUT2D eigenvalue weighted by Crippen LogP contribution is 2.41. The third-order valence-electron chi connectivity index (χ3n) is 8.29. The highest BCUT2D eigenvalue weighted by molar-refractivity contribution is 6.24. The maximum Gasteiger partial charge on any atom is 0.0725 e. The largest absolute Gasteiger partial charge is 0.305 e. The first-order valence-electron chi connectivity index (χ1n) is 13.2. The Morgan fingerprint density at radius 1 is 0.410 bits per heavy atom. The van der Waals surface area contributed by atoms with Crippen LogP contribution in [0.4, 0.5) is 0 Å². The first kappa shape index (κ1) is 20.7. The molecule has 0 bridgehead atoms. The van der Waals surface area contributed by atoms with Gasteiger partial charge in [-0.2, -0.15) is 0 Å². The van der Waals surface area contributed by atoms with Crippen molar-refractivity contribution in [3.63, 3.8) is 0 Å². The SMILES string of the molecule is c1ccc2c(c1)ccc1ccc(-c3ccc(-c4cc5c6ccncc6n6c7cnccc7c(c4)c56)cc3)cc12. The molecule has 4 heterocycles. The van der Waals surface area contributed by atoms with Crippen LogP contribution in [0.15, 0.2) is 128 Å². The molecule has 9 rings (SSSR count). The quantitative estimate of drug-likeness (QED) is 0.224. The maximum atomic E-state index is 4.43. The summed E-state index contributed by atoms with van der Waals surface area (Å²) >= 11 is 0. The number of nitrogens with zero attached hydrogens (tertiary/aromatic N) is 3. The number of benzene rings is 5. The third-order valence-corrected chi connectivity index (χ3v) is 8.29. The fourth-order valence-corrected chi connectivity index (χ4v) is 6.44. The van der Waals surface area contributed by atoms with Crippen molar-refractivity contribution in [3.8, 4) is 22.3 Å². The molecule has 3 nitrogen and oxygen atoms in total. The molecule has 9 aromatic rings. The zero-order chi connectivity index (χ0) is 25.5. The van der Waals surface area contributed by atoms with Crippen molar-refractivity contribution in [2.24, 2.45) is 0 Å². The molecular weight excluding hydrogens is 474 g/mol. The molecule has 0 aliphatic carbocycles. The summed E-state index contributed by atoms with van der Waals surface area (Å²) in [5.41, 5.74) is 8.36. The molecule has 3 heteroatoms. The lowest BCUT2D eigenvalue weighted by Crippen LogP contribution is -1.83. The second-order valence-electron chi connectivity index (χ2n) is 10.3. The van der Waals surface area contributed by atoms with Crippen LogP contribution in [0.1, 0.15) is 0 Å². The molecule has 0 radical (unpaired) electrons. The Morgan fingerprint density at radius 2 is 0.949 bits per heavy atom. The van der Waals surface area contributed by atoms with Crippen LogP contribution in [0.25, 0.3) is 81.9 Å². The predicted molar refractivity (Wildman–Crippen MR) is 163 cm³/mol. The number of rotatable bonds is 2. The molecule has 0 amide bonds. The molecule has 0 aliphatic rings. The van der Waals surface area contributed by atoms with Gasteiger partial charge in [0.05, 0.1) is 28.9 Å². The van der Waals surface area contributed by atoms with Crippen LogP contribution in [-0.4, -0.2) is 14.4 Å². The molecule has 5 aromatic carbocycles. The van der Waals surface area contributed by atoms with E-state index in [2.05, 4.69) is 117 Å². The zero-order valence-electron chi connectivity index (χ0n) is 21.0. The predicted octanol–water partition coefficient (Wildman–Crippen LogP) is 9.27. The molecule has 39 heavy (non-hydrogen) atoms. The van der Waals surface area contributed by atoms with Crippen LogP contribution in [0.2, 0.25) is 0 Å². The normalized spacial score (nSPS) is 12.1. The first-order valence-corrected chi connectivity index (χ1v) is 13.2. The van der Waals surface area contributed by atoms with Crippen molar-refractivity contribution >= 4 is 59.6 Å². The van der Waals surface area contributed by atoms with Crippen molar-refractivity contribution < 1.29 is 0 Å². The van der Waals surface area contributed by atoms with Gasteiger partial charge in [-0.25, -0.2) is 0 Å².